The van der Waals surface area contributed by atoms with Crippen LogP contribution in [0.1, 0.15) is 35.6 Å². The minimum absolute atomic E-state index is 0.0393. The summed E-state index contributed by atoms with van der Waals surface area (Å²) in [5.74, 6) is -0.338. The number of benzene rings is 1. The Hall–Kier alpha value is -1.40. The van der Waals surface area contributed by atoms with Gasteiger partial charge in [-0.05, 0) is 35.4 Å². The number of aromatic nitrogens is 1. The second-order valence-electron chi connectivity index (χ2n) is 4.75. The van der Waals surface area contributed by atoms with E-state index in [4.69, 9.17) is 0 Å². The molecule has 0 aliphatic carbocycles. The summed E-state index contributed by atoms with van der Waals surface area (Å²) in [6.45, 7) is 1.76. The highest BCUT2D eigenvalue weighted by atomic mass is 79.9. The fraction of sp³-hybridized carbons (Fsp3) is 0.267. The highest BCUT2D eigenvalue weighted by Crippen LogP contribution is 2.38. The van der Waals surface area contributed by atoms with Crippen LogP contribution in [0.4, 0.5) is 13.2 Å². The van der Waals surface area contributed by atoms with Gasteiger partial charge in [-0.2, -0.15) is 13.2 Å². The molecule has 0 saturated heterocycles. The molecule has 0 saturated carbocycles. The molecule has 2 atom stereocenters. The van der Waals surface area contributed by atoms with Crippen LogP contribution in [0.5, 0.6) is 0 Å². The molecule has 112 valence electrons. The van der Waals surface area contributed by atoms with Crippen molar-refractivity contribution in [2.45, 2.75) is 25.1 Å². The lowest BCUT2D eigenvalue weighted by Gasteiger charge is -2.21. The average molecular weight is 360 g/mol. The Bertz CT molecular complexity index is 616. The number of aliphatic hydroxyl groups is 1. The zero-order valence-electron chi connectivity index (χ0n) is 11.1. The largest absolute Gasteiger partial charge is 0.417 e. The van der Waals surface area contributed by atoms with Crippen LogP contribution >= 0.6 is 15.9 Å². The van der Waals surface area contributed by atoms with Crippen LogP contribution in [0.15, 0.2) is 47.2 Å². The molecule has 0 aliphatic heterocycles. The molecule has 2 unspecified atom stereocenters. The van der Waals surface area contributed by atoms with E-state index in [9.17, 15) is 18.3 Å². The molecule has 2 nitrogen and oxygen atoms in total. The van der Waals surface area contributed by atoms with Gasteiger partial charge in [-0.25, -0.2) is 0 Å². The Morgan fingerprint density at radius 1 is 1.10 bits per heavy atom. The molecule has 2 aromatic rings. The molecule has 6 heteroatoms. The Kier molecular flexibility index (Phi) is 4.68. The zero-order valence-corrected chi connectivity index (χ0v) is 12.7. The first kappa shape index (κ1) is 16.0. The van der Waals surface area contributed by atoms with Gasteiger partial charge in [0.1, 0.15) is 0 Å². The topological polar surface area (TPSA) is 33.1 Å². The third-order valence-corrected chi connectivity index (χ3v) is 4.03. The van der Waals surface area contributed by atoms with Crippen molar-refractivity contribution in [2.24, 2.45) is 0 Å². The van der Waals surface area contributed by atoms with Crippen molar-refractivity contribution in [1.29, 1.82) is 0 Å². The highest BCUT2D eigenvalue weighted by Gasteiger charge is 2.34. The summed E-state index contributed by atoms with van der Waals surface area (Å²) < 4.78 is 38.6. The van der Waals surface area contributed by atoms with Crippen LogP contribution in [0.2, 0.25) is 0 Å². The first-order valence-corrected chi connectivity index (χ1v) is 7.04. The third kappa shape index (κ3) is 3.63. The van der Waals surface area contributed by atoms with E-state index < -0.39 is 17.8 Å². The lowest BCUT2D eigenvalue weighted by Crippen LogP contribution is -2.11. The summed E-state index contributed by atoms with van der Waals surface area (Å²) in [7, 11) is 0. The van der Waals surface area contributed by atoms with E-state index in [1.807, 2.05) is 0 Å². The zero-order chi connectivity index (χ0) is 15.6. The molecule has 0 bridgehead atoms. The third-order valence-electron chi connectivity index (χ3n) is 3.34. The summed E-state index contributed by atoms with van der Waals surface area (Å²) in [5.41, 5.74) is 0.254. The molecule has 0 fully saturated rings. The van der Waals surface area contributed by atoms with Crippen molar-refractivity contribution in [3.05, 3.63) is 63.9 Å². The van der Waals surface area contributed by atoms with Gasteiger partial charge in [0, 0.05) is 22.8 Å². The van der Waals surface area contributed by atoms with Crippen LogP contribution in [-0.2, 0) is 6.18 Å². The number of nitrogens with zero attached hydrogens (tertiary/aromatic N) is 1. The number of rotatable bonds is 3. The van der Waals surface area contributed by atoms with E-state index in [1.54, 1.807) is 31.5 Å². The van der Waals surface area contributed by atoms with Gasteiger partial charge in [-0.1, -0.05) is 28.9 Å². The van der Waals surface area contributed by atoms with E-state index >= 15 is 0 Å². The van der Waals surface area contributed by atoms with Gasteiger partial charge in [-0.15, -0.1) is 0 Å². The van der Waals surface area contributed by atoms with E-state index in [0.717, 1.165) is 11.6 Å². The van der Waals surface area contributed by atoms with Crippen molar-refractivity contribution < 1.29 is 18.3 Å². The quantitative estimate of drug-likeness (QED) is 0.861. The Labute approximate surface area is 128 Å². The number of hydrogen-bond acceptors (Lipinski definition) is 2. The molecule has 1 aromatic heterocycles. The summed E-state index contributed by atoms with van der Waals surface area (Å²) in [5, 5.41) is 10.3. The van der Waals surface area contributed by atoms with Crippen molar-refractivity contribution in [1.82, 2.24) is 4.98 Å². The Morgan fingerprint density at radius 2 is 1.71 bits per heavy atom. The predicted octanol–water partition coefficient (Wildman–Crippen LogP) is 4.70. The van der Waals surface area contributed by atoms with Gasteiger partial charge < -0.3 is 5.11 Å². The van der Waals surface area contributed by atoms with Crippen molar-refractivity contribution in [3.63, 3.8) is 0 Å². The average Bonchev–Trinajstić information content (AvgIpc) is 2.46. The van der Waals surface area contributed by atoms with Gasteiger partial charge in [0.05, 0.1) is 11.7 Å². The molecular weight excluding hydrogens is 347 g/mol. The maximum absolute atomic E-state index is 12.9. The Balaban J connectivity index is 2.34. The number of hydrogen-bond donors (Lipinski definition) is 1. The molecule has 1 heterocycles. The second kappa shape index (κ2) is 6.15. The Morgan fingerprint density at radius 3 is 2.29 bits per heavy atom. The fourth-order valence-corrected chi connectivity index (χ4v) is 2.55. The molecule has 0 radical (unpaired) electrons. The SMILES string of the molecule is CC(c1ccncc1)C(O)c1ccc(Br)c(C(F)(F)F)c1. The number of halogens is 4. The summed E-state index contributed by atoms with van der Waals surface area (Å²) in [6.07, 6.45) is -2.32. The monoisotopic (exact) mass is 359 g/mol. The van der Waals surface area contributed by atoms with Crippen LogP contribution < -0.4 is 0 Å². The molecule has 21 heavy (non-hydrogen) atoms. The lowest BCUT2D eigenvalue weighted by molar-refractivity contribution is -0.138. The van der Waals surface area contributed by atoms with Gasteiger partial charge in [-0.3, -0.25) is 4.98 Å². The first-order chi connectivity index (χ1) is 9.80. The fourth-order valence-electron chi connectivity index (χ4n) is 2.08. The van der Waals surface area contributed by atoms with Gasteiger partial charge in [0.2, 0.25) is 0 Å². The van der Waals surface area contributed by atoms with E-state index in [-0.39, 0.29) is 16.0 Å². The molecule has 1 N–H and O–H groups in total. The van der Waals surface area contributed by atoms with Crippen LogP contribution in [-0.4, -0.2) is 10.1 Å². The molecule has 2 rings (SSSR count). The smallest absolute Gasteiger partial charge is 0.388 e. The van der Waals surface area contributed by atoms with E-state index in [0.29, 0.717) is 0 Å². The molecule has 0 amide bonds. The van der Waals surface area contributed by atoms with Crippen LogP contribution in [0.3, 0.4) is 0 Å². The molecule has 0 aliphatic rings. The van der Waals surface area contributed by atoms with Gasteiger partial charge in [0.25, 0.3) is 0 Å². The summed E-state index contributed by atoms with van der Waals surface area (Å²) >= 11 is 2.89. The predicted molar refractivity (Wildman–Crippen MR) is 76.8 cm³/mol. The highest BCUT2D eigenvalue weighted by molar-refractivity contribution is 9.10. The minimum Gasteiger partial charge on any atom is -0.388 e. The number of pyridine rings is 1. The first-order valence-electron chi connectivity index (χ1n) is 6.25. The molecular formula is C15H13BrF3NO. The van der Waals surface area contributed by atoms with Gasteiger partial charge in [0.15, 0.2) is 0 Å². The van der Waals surface area contributed by atoms with Crippen molar-refractivity contribution >= 4 is 15.9 Å². The second-order valence-corrected chi connectivity index (χ2v) is 5.61. The van der Waals surface area contributed by atoms with Gasteiger partial charge >= 0.3 is 6.18 Å². The lowest BCUT2D eigenvalue weighted by atomic mass is 9.91. The maximum Gasteiger partial charge on any atom is 0.417 e. The molecule has 1 aromatic carbocycles. The number of aliphatic hydroxyl groups excluding tert-OH is 1. The normalized spacial score (nSPS) is 14.8. The number of alkyl halides is 3. The van der Waals surface area contributed by atoms with E-state index in [2.05, 4.69) is 20.9 Å². The van der Waals surface area contributed by atoms with Crippen LogP contribution in [0.25, 0.3) is 0 Å². The standard InChI is InChI=1S/C15H13BrF3NO/c1-9(10-4-6-20-7-5-10)14(21)11-2-3-13(16)12(8-11)15(17,18)19/h2-9,14,21H,1H3. The molecule has 0 spiro atoms. The van der Waals surface area contributed by atoms with Crippen molar-refractivity contribution in [3.8, 4) is 0 Å². The summed E-state index contributed by atoms with van der Waals surface area (Å²) in [6, 6.07) is 7.24. The summed E-state index contributed by atoms with van der Waals surface area (Å²) in [4.78, 5) is 3.88. The van der Waals surface area contributed by atoms with E-state index in [1.165, 1.54) is 12.1 Å². The van der Waals surface area contributed by atoms with Crippen molar-refractivity contribution in [2.75, 3.05) is 0 Å². The minimum atomic E-state index is -4.46. The van der Waals surface area contributed by atoms with Crippen LogP contribution in [0, 0.1) is 0 Å². The maximum atomic E-state index is 12.9.